The van der Waals surface area contributed by atoms with Crippen molar-refractivity contribution in [3.05, 3.63) is 82.9 Å². The van der Waals surface area contributed by atoms with Gasteiger partial charge in [-0.25, -0.2) is 4.98 Å². The Morgan fingerprint density at radius 3 is 2.51 bits per heavy atom. The molecular weight excluding hydrogens is 466 g/mol. The Bertz CT molecular complexity index is 1380. The van der Waals surface area contributed by atoms with Crippen molar-refractivity contribution in [1.82, 2.24) is 14.5 Å². The first-order valence-corrected chi connectivity index (χ1v) is 11.9. The molecule has 2 aromatic heterocycles. The molecule has 35 heavy (non-hydrogen) atoms. The van der Waals surface area contributed by atoms with Gasteiger partial charge in [-0.3, -0.25) is 19.0 Å². The molecule has 0 N–H and O–H groups in total. The zero-order valence-electron chi connectivity index (χ0n) is 19.5. The number of amides is 1. The lowest BCUT2D eigenvalue weighted by Crippen LogP contribution is -2.35. The van der Waals surface area contributed by atoms with Gasteiger partial charge >= 0.3 is 5.97 Å². The van der Waals surface area contributed by atoms with E-state index in [4.69, 9.17) is 9.47 Å². The molecule has 9 heteroatoms. The highest BCUT2D eigenvalue weighted by Crippen LogP contribution is 2.31. The first kappa shape index (κ1) is 24.2. The molecule has 0 aliphatic heterocycles. The van der Waals surface area contributed by atoms with Crippen LogP contribution in [0.15, 0.2) is 71.8 Å². The first-order chi connectivity index (χ1) is 17.0. The van der Waals surface area contributed by atoms with Crippen LogP contribution in [0.1, 0.15) is 12.5 Å². The number of carbonyl (C=O) groups is 2. The molecule has 0 saturated carbocycles. The lowest BCUT2D eigenvalue weighted by molar-refractivity contribution is -0.152. The first-order valence-electron chi connectivity index (χ1n) is 11.1. The second kappa shape index (κ2) is 11.0. The van der Waals surface area contributed by atoms with E-state index in [1.165, 1.54) is 22.2 Å². The molecule has 0 atom stereocenters. The highest BCUT2D eigenvalue weighted by Gasteiger charge is 2.17. The summed E-state index contributed by atoms with van der Waals surface area (Å²) in [4.78, 5) is 44.6. The second-order valence-corrected chi connectivity index (χ2v) is 8.84. The molecule has 0 unspecified atom stereocenters. The average Bonchev–Trinajstić information content (AvgIpc) is 3.33. The molecular formula is C26H25N3O5S. The lowest BCUT2D eigenvalue weighted by atomic mass is 10.2. The monoisotopic (exact) mass is 491 g/mol. The van der Waals surface area contributed by atoms with Crippen LogP contribution < -0.4 is 10.3 Å². The number of esters is 1. The van der Waals surface area contributed by atoms with Crippen molar-refractivity contribution in [2.75, 3.05) is 20.3 Å². The molecule has 0 aliphatic rings. The Morgan fingerprint density at radius 1 is 1.09 bits per heavy atom. The van der Waals surface area contributed by atoms with E-state index in [1.54, 1.807) is 12.0 Å². The molecule has 0 bridgehead atoms. The number of rotatable bonds is 9. The molecule has 8 nitrogen and oxygen atoms in total. The second-order valence-electron chi connectivity index (χ2n) is 7.79. The van der Waals surface area contributed by atoms with Gasteiger partial charge in [0.05, 0.1) is 19.0 Å². The summed E-state index contributed by atoms with van der Waals surface area (Å²) in [7, 11) is 1.60. The number of methoxy groups -OCH3 is 1. The fraction of sp³-hybridized carbons (Fsp3) is 0.231. The van der Waals surface area contributed by atoms with Crippen molar-refractivity contribution < 1.29 is 19.1 Å². The van der Waals surface area contributed by atoms with E-state index in [2.05, 4.69) is 4.98 Å². The summed E-state index contributed by atoms with van der Waals surface area (Å²) < 4.78 is 12.0. The Hall–Kier alpha value is -3.98. The number of carbonyl (C=O) groups excluding carboxylic acids is 2. The summed E-state index contributed by atoms with van der Waals surface area (Å²) in [5, 5.41) is 0. The smallest absolute Gasteiger partial charge is 0.326 e. The fourth-order valence-corrected chi connectivity index (χ4v) is 4.62. The summed E-state index contributed by atoms with van der Waals surface area (Å²) in [5.74, 6) is -0.230. The number of fused-ring (bicyclic) bond motifs is 1. The van der Waals surface area contributed by atoms with Crippen LogP contribution in [0.3, 0.4) is 0 Å². The molecule has 0 fully saturated rings. The molecule has 0 aliphatic carbocycles. The predicted molar refractivity (Wildman–Crippen MR) is 134 cm³/mol. The van der Waals surface area contributed by atoms with Crippen molar-refractivity contribution in [2.24, 2.45) is 0 Å². The van der Waals surface area contributed by atoms with E-state index in [9.17, 15) is 14.4 Å². The Kier molecular flexibility index (Phi) is 7.57. The summed E-state index contributed by atoms with van der Waals surface area (Å²) >= 11 is 1.31. The maximum Gasteiger partial charge on any atom is 0.326 e. The van der Waals surface area contributed by atoms with E-state index in [0.29, 0.717) is 23.3 Å². The van der Waals surface area contributed by atoms with Crippen LogP contribution in [0.25, 0.3) is 20.7 Å². The number of benzene rings is 2. The lowest BCUT2D eigenvalue weighted by Gasteiger charge is -2.20. The Morgan fingerprint density at radius 2 is 1.83 bits per heavy atom. The highest BCUT2D eigenvalue weighted by atomic mass is 32.1. The number of ether oxygens (including phenoxy) is 2. The van der Waals surface area contributed by atoms with Crippen molar-refractivity contribution in [3.63, 3.8) is 0 Å². The van der Waals surface area contributed by atoms with E-state index in [1.807, 2.05) is 67.6 Å². The van der Waals surface area contributed by atoms with Gasteiger partial charge in [-0.1, -0.05) is 30.3 Å². The molecule has 0 radical (unpaired) electrons. The number of aromatic nitrogens is 2. The van der Waals surface area contributed by atoms with Crippen LogP contribution in [0.5, 0.6) is 5.75 Å². The number of hydrogen-bond donors (Lipinski definition) is 0. The van der Waals surface area contributed by atoms with E-state index in [-0.39, 0.29) is 24.6 Å². The Labute approximate surface area is 206 Å². The van der Waals surface area contributed by atoms with E-state index in [0.717, 1.165) is 21.8 Å². The normalized spacial score (nSPS) is 10.8. The molecule has 4 rings (SSSR count). The third kappa shape index (κ3) is 5.75. The van der Waals surface area contributed by atoms with Gasteiger partial charge in [-0.15, -0.1) is 11.3 Å². The van der Waals surface area contributed by atoms with Gasteiger partial charge in [0.15, 0.2) is 6.61 Å². The quantitative estimate of drug-likeness (QED) is 0.332. The van der Waals surface area contributed by atoms with E-state index < -0.39 is 5.97 Å². The van der Waals surface area contributed by atoms with Gasteiger partial charge < -0.3 is 14.4 Å². The van der Waals surface area contributed by atoms with E-state index >= 15 is 0 Å². The zero-order chi connectivity index (χ0) is 24.8. The van der Waals surface area contributed by atoms with Crippen LogP contribution >= 0.6 is 11.3 Å². The number of likely N-dealkylation sites (N-methyl/N-ethyl adjacent to an activating group) is 1. The van der Waals surface area contributed by atoms with Crippen molar-refractivity contribution in [2.45, 2.75) is 20.0 Å². The van der Waals surface area contributed by atoms with Crippen LogP contribution in [0.4, 0.5) is 0 Å². The van der Waals surface area contributed by atoms with Crippen LogP contribution in [0.2, 0.25) is 0 Å². The van der Waals surface area contributed by atoms with Crippen LogP contribution in [0, 0.1) is 0 Å². The highest BCUT2D eigenvalue weighted by molar-refractivity contribution is 7.22. The summed E-state index contributed by atoms with van der Waals surface area (Å²) in [5.41, 5.74) is 2.16. The van der Waals surface area contributed by atoms with Crippen molar-refractivity contribution in [1.29, 1.82) is 0 Å². The van der Waals surface area contributed by atoms with Crippen molar-refractivity contribution >= 4 is 33.4 Å². The van der Waals surface area contributed by atoms with Crippen LogP contribution in [-0.4, -0.2) is 46.6 Å². The predicted octanol–water partition coefficient (Wildman–Crippen LogP) is 3.73. The summed E-state index contributed by atoms with van der Waals surface area (Å²) in [6.45, 7) is 2.08. The van der Waals surface area contributed by atoms with Gasteiger partial charge in [-0.05, 0) is 48.4 Å². The van der Waals surface area contributed by atoms with Gasteiger partial charge in [0, 0.05) is 18.0 Å². The molecule has 0 spiro atoms. The van der Waals surface area contributed by atoms with Gasteiger partial charge in [0.2, 0.25) is 0 Å². The maximum atomic E-state index is 12.9. The minimum absolute atomic E-state index is 0.298. The minimum Gasteiger partial charge on any atom is -0.497 e. The van der Waals surface area contributed by atoms with Gasteiger partial charge in [0.25, 0.3) is 11.5 Å². The molecule has 2 aromatic carbocycles. The summed E-state index contributed by atoms with van der Waals surface area (Å²) in [6.07, 6.45) is 1.33. The molecule has 2 heterocycles. The average molecular weight is 492 g/mol. The van der Waals surface area contributed by atoms with Gasteiger partial charge in [0.1, 0.15) is 17.0 Å². The topological polar surface area (TPSA) is 90.7 Å². The number of thiophene rings is 1. The Balaban J connectivity index is 1.40. The van der Waals surface area contributed by atoms with Crippen molar-refractivity contribution in [3.8, 4) is 16.2 Å². The molecule has 1 amide bonds. The fourth-order valence-electron chi connectivity index (χ4n) is 3.55. The number of nitrogens with zero attached hydrogens (tertiary/aromatic N) is 3. The summed E-state index contributed by atoms with van der Waals surface area (Å²) in [6, 6.07) is 19.0. The molecule has 180 valence electrons. The third-order valence-corrected chi connectivity index (χ3v) is 6.65. The third-order valence-electron chi connectivity index (χ3n) is 5.49. The molecule has 4 aromatic rings. The number of hydrogen-bond acceptors (Lipinski definition) is 7. The zero-order valence-corrected chi connectivity index (χ0v) is 20.3. The van der Waals surface area contributed by atoms with Crippen LogP contribution in [-0.2, 0) is 27.4 Å². The van der Waals surface area contributed by atoms with Gasteiger partial charge in [-0.2, -0.15) is 0 Å². The largest absolute Gasteiger partial charge is 0.497 e. The molecule has 0 saturated heterocycles. The standard InChI is InChI=1S/C26H25N3O5S/c1-3-28(14-18-7-5-4-6-8-18)23(30)16-34-24(31)15-29-17-27-21-13-22(35-25(21)26(29)32)19-9-11-20(33-2)12-10-19/h4-13,17H,3,14-16H2,1-2H3. The SMILES string of the molecule is CCN(Cc1ccccc1)C(=O)COC(=O)Cn1cnc2cc(-c3ccc(OC)cc3)sc2c1=O. The minimum atomic E-state index is -0.677. The maximum absolute atomic E-state index is 12.9.